The van der Waals surface area contributed by atoms with E-state index < -0.39 is 5.41 Å². The fourth-order valence-corrected chi connectivity index (χ4v) is 10.5. The lowest BCUT2D eigenvalue weighted by Gasteiger charge is -2.40. The number of aromatic nitrogens is 1. The van der Waals surface area contributed by atoms with Crippen LogP contribution in [0.5, 0.6) is 0 Å². The number of fused-ring (bicyclic) bond motifs is 15. The van der Waals surface area contributed by atoms with Crippen LogP contribution >= 0.6 is 0 Å². The molecule has 2 heterocycles. The lowest BCUT2D eigenvalue weighted by Crippen LogP contribution is -2.33. The van der Waals surface area contributed by atoms with Crippen LogP contribution in [0.3, 0.4) is 0 Å². The van der Waals surface area contributed by atoms with Crippen LogP contribution in [0.4, 0.5) is 17.1 Å². The summed E-state index contributed by atoms with van der Waals surface area (Å²) in [6.07, 6.45) is 0. The van der Waals surface area contributed by atoms with E-state index in [0.29, 0.717) is 0 Å². The van der Waals surface area contributed by atoms with Crippen molar-refractivity contribution in [3.05, 3.63) is 215 Å². The van der Waals surface area contributed by atoms with E-state index in [1.54, 1.807) is 0 Å². The number of anilines is 3. The number of benzene rings is 8. The van der Waals surface area contributed by atoms with Gasteiger partial charge in [0.1, 0.15) is 0 Å². The van der Waals surface area contributed by atoms with Gasteiger partial charge in [-0.05, 0) is 110 Å². The zero-order valence-corrected chi connectivity index (χ0v) is 30.2. The van der Waals surface area contributed by atoms with E-state index in [2.05, 4.69) is 205 Å². The summed E-state index contributed by atoms with van der Waals surface area (Å²) in [5.41, 5.74) is 20.0. The molecular weight excluding hydrogens is 653 g/mol. The van der Waals surface area contributed by atoms with Gasteiger partial charge >= 0.3 is 0 Å². The minimum atomic E-state index is -0.518. The molecule has 0 amide bonds. The second-order valence-corrected chi connectivity index (χ2v) is 15.7. The smallest absolute Gasteiger partial charge is 0.0755 e. The Morgan fingerprint density at radius 3 is 1.54 bits per heavy atom. The van der Waals surface area contributed by atoms with E-state index in [1.165, 1.54) is 83.1 Å². The van der Waals surface area contributed by atoms with Crippen LogP contribution in [0, 0.1) is 0 Å². The zero-order valence-electron chi connectivity index (χ0n) is 30.2. The van der Waals surface area contributed by atoms with Crippen LogP contribution in [-0.2, 0) is 10.8 Å². The largest absolute Gasteiger partial charge is 0.310 e. The van der Waals surface area contributed by atoms with Crippen LogP contribution in [0.2, 0.25) is 0 Å². The molecule has 0 saturated heterocycles. The van der Waals surface area contributed by atoms with Crippen molar-refractivity contribution in [3.8, 4) is 27.9 Å². The van der Waals surface area contributed by atoms with Crippen LogP contribution in [0.25, 0.3) is 49.7 Å². The maximum atomic E-state index is 2.60. The summed E-state index contributed by atoms with van der Waals surface area (Å²) in [6, 6.07) is 68.1. The first-order valence-corrected chi connectivity index (χ1v) is 19.0. The molecule has 0 saturated carbocycles. The Bertz CT molecular complexity index is 2940. The summed E-state index contributed by atoms with van der Waals surface area (Å²) in [6.45, 7) is 4.78. The molecule has 0 fully saturated rings. The number of nitrogens with zero attached hydrogens (tertiary/aromatic N) is 2. The third-order valence-corrected chi connectivity index (χ3v) is 12.7. The maximum Gasteiger partial charge on any atom is 0.0755 e. The minimum Gasteiger partial charge on any atom is -0.310 e. The van der Waals surface area contributed by atoms with Gasteiger partial charge in [-0.1, -0.05) is 141 Å². The third-order valence-electron chi connectivity index (χ3n) is 12.7. The summed E-state index contributed by atoms with van der Waals surface area (Å²) < 4.78 is 2.60. The molecule has 0 unspecified atom stereocenters. The van der Waals surface area contributed by atoms with Crippen LogP contribution < -0.4 is 4.90 Å². The topological polar surface area (TPSA) is 8.17 Å². The molecule has 54 heavy (non-hydrogen) atoms. The van der Waals surface area contributed by atoms with E-state index in [-0.39, 0.29) is 5.41 Å². The monoisotopic (exact) mass is 688 g/mol. The average Bonchev–Trinajstić information content (AvgIpc) is 3.79. The van der Waals surface area contributed by atoms with E-state index >= 15 is 0 Å². The Morgan fingerprint density at radius 2 is 0.907 bits per heavy atom. The Hall–Kier alpha value is -6.64. The Kier molecular flexibility index (Phi) is 5.81. The summed E-state index contributed by atoms with van der Waals surface area (Å²) >= 11 is 0. The first-order chi connectivity index (χ1) is 26.6. The van der Waals surface area contributed by atoms with Crippen molar-refractivity contribution in [2.75, 3.05) is 4.90 Å². The number of hydrogen-bond donors (Lipinski definition) is 0. The molecule has 12 rings (SSSR count). The van der Waals surface area contributed by atoms with Gasteiger partial charge in [0.2, 0.25) is 0 Å². The fraction of sp³-hybridized carbons (Fsp3) is 0.0769. The van der Waals surface area contributed by atoms with Gasteiger partial charge in [-0.25, -0.2) is 0 Å². The summed E-state index contributed by atoms with van der Waals surface area (Å²) in [4.78, 5) is 2.44. The molecule has 3 aliphatic rings. The third kappa shape index (κ3) is 3.60. The van der Waals surface area contributed by atoms with E-state index in [4.69, 9.17) is 0 Å². The molecular formula is C52H36N2. The highest BCUT2D eigenvalue weighted by atomic mass is 15.1. The van der Waals surface area contributed by atoms with Crippen molar-refractivity contribution >= 4 is 38.9 Å². The predicted octanol–water partition coefficient (Wildman–Crippen LogP) is 13.2. The van der Waals surface area contributed by atoms with Gasteiger partial charge in [0.15, 0.2) is 0 Å². The average molecular weight is 689 g/mol. The lowest BCUT2D eigenvalue weighted by atomic mass is 9.65. The number of hydrogen-bond acceptors (Lipinski definition) is 1. The predicted molar refractivity (Wildman–Crippen MR) is 224 cm³/mol. The normalized spacial score (nSPS) is 14.8. The molecule has 2 heteroatoms. The van der Waals surface area contributed by atoms with Crippen molar-refractivity contribution < 1.29 is 0 Å². The first-order valence-electron chi connectivity index (χ1n) is 19.0. The standard InChI is InChI=1S/C52H36N2/c1-51(2)42-24-12-9-23-38(42)39-31-40-41-29-35(53(33-17-5-3-6-18-33)34-19-7-4-8-20-34)30-47-50(41)54(49(40)32-46(39)51)48-28-16-15-27-45(48)52(47)43-25-13-10-21-36(43)37-22-11-14-26-44(37)52/h3-32H,1-2H3. The van der Waals surface area contributed by atoms with Crippen molar-refractivity contribution in [1.82, 2.24) is 4.57 Å². The van der Waals surface area contributed by atoms with E-state index in [9.17, 15) is 0 Å². The quantitative estimate of drug-likeness (QED) is 0.179. The van der Waals surface area contributed by atoms with Crippen LogP contribution in [0.1, 0.15) is 47.2 Å². The Labute approximate surface area is 315 Å². The van der Waals surface area contributed by atoms with Gasteiger partial charge in [-0.15, -0.1) is 0 Å². The SMILES string of the molecule is CC1(C)c2ccccc2-c2cc3c4cc(N(c5ccccc5)c5ccccc5)cc5c4n(c3cc21)-c1ccccc1C51c2ccccc2-c2ccccc21. The summed E-state index contributed by atoms with van der Waals surface area (Å²) in [5.74, 6) is 0. The van der Waals surface area contributed by atoms with Gasteiger partial charge < -0.3 is 9.47 Å². The van der Waals surface area contributed by atoms with Crippen LogP contribution in [-0.4, -0.2) is 4.57 Å². The summed E-state index contributed by atoms with van der Waals surface area (Å²) in [7, 11) is 0. The zero-order chi connectivity index (χ0) is 35.8. The molecule has 8 aromatic carbocycles. The van der Waals surface area contributed by atoms with Gasteiger partial charge in [-0.2, -0.15) is 0 Å². The van der Waals surface area contributed by atoms with Crippen molar-refractivity contribution in [2.24, 2.45) is 0 Å². The molecule has 0 radical (unpaired) electrons. The molecule has 1 aromatic heterocycles. The molecule has 254 valence electrons. The van der Waals surface area contributed by atoms with Crippen molar-refractivity contribution in [1.29, 1.82) is 0 Å². The molecule has 1 aliphatic heterocycles. The van der Waals surface area contributed by atoms with Gasteiger partial charge in [0.05, 0.1) is 22.1 Å². The fourth-order valence-electron chi connectivity index (χ4n) is 10.5. The molecule has 0 N–H and O–H groups in total. The molecule has 9 aromatic rings. The maximum absolute atomic E-state index is 2.60. The lowest BCUT2D eigenvalue weighted by molar-refractivity contribution is 0.661. The highest BCUT2D eigenvalue weighted by molar-refractivity contribution is 6.16. The van der Waals surface area contributed by atoms with Crippen molar-refractivity contribution in [3.63, 3.8) is 0 Å². The van der Waals surface area contributed by atoms with Crippen LogP contribution in [0.15, 0.2) is 182 Å². The van der Waals surface area contributed by atoms with Crippen molar-refractivity contribution in [2.45, 2.75) is 24.7 Å². The number of para-hydroxylation sites is 3. The molecule has 2 nitrogen and oxygen atoms in total. The van der Waals surface area contributed by atoms with Gasteiger partial charge in [0, 0.05) is 33.2 Å². The van der Waals surface area contributed by atoms with E-state index in [0.717, 1.165) is 17.1 Å². The second-order valence-electron chi connectivity index (χ2n) is 15.7. The number of rotatable bonds is 3. The Morgan fingerprint density at radius 1 is 0.389 bits per heavy atom. The van der Waals surface area contributed by atoms with E-state index in [1.807, 2.05) is 0 Å². The Balaban J connectivity index is 1.30. The molecule has 1 spiro atoms. The first kappa shape index (κ1) is 29.9. The molecule has 2 aliphatic carbocycles. The minimum absolute atomic E-state index is 0.110. The highest BCUT2D eigenvalue weighted by Gasteiger charge is 2.51. The van der Waals surface area contributed by atoms with Gasteiger partial charge in [-0.3, -0.25) is 0 Å². The van der Waals surface area contributed by atoms with Gasteiger partial charge in [0.25, 0.3) is 0 Å². The molecule has 0 atom stereocenters. The highest BCUT2D eigenvalue weighted by Crippen LogP contribution is 2.62. The summed E-state index contributed by atoms with van der Waals surface area (Å²) in [5, 5.41) is 2.56. The second kappa shape index (κ2) is 10.5. The molecule has 0 bridgehead atoms.